The Hall–Kier alpha value is -0.780. The molecule has 0 aliphatic carbocycles. The van der Waals surface area contributed by atoms with Gasteiger partial charge in [-0.25, -0.2) is 4.79 Å². The van der Waals surface area contributed by atoms with Crippen molar-refractivity contribution in [3.8, 4) is 0 Å². The number of hydrogen-bond acceptors (Lipinski definition) is 2. The molecule has 0 aromatic heterocycles. The molecule has 0 bridgehead atoms. The summed E-state index contributed by atoms with van der Waals surface area (Å²) in [6.45, 7) is 2.65. The molecule has 0 saturated heterocycles. The topological polar surface area (TPSA) is 52.6 Å². The molecule has 0 unspecified atom stereocenters. The molecule has 1 aromatic rings. The van der Waals surface area contributed by atoms with Crippen molar-refractivity contribution in [3.63, 3.8) is 0 Å². The summed E-state index contributed by atoms with van der Waals surface area (Å²) in [6, 6.07) is 4.88. The number of carbonyl (C=O) groups is 1. The fourth-order valence-corrected chi connectivity index (χ4v) is 2.09. The van der Waals surface area contributed by atoms with E-state index >= 15 is 0 Å². The van der Waals surface area contributed by atoms with Crippen LogP contribution in [-0.2, 0) is 0 Å². The minimum Gasteiger partial charge on any atom is -0.395 e. The fourth-order valence-electron chi connectivity index (χ4n) is 1.31. The van der Waals surface area contributed by atoms with Crippen molar-refractivity contribution >= 4 is 39.2 Å². The molecule has 17 heavy (non-hydrogen) atoms. The van der Waals surface area contributed by atoms with E-state index in [1.165, 1.54) is 4.90 Å². The summed E-state index contributed by atoms with van der Waals surface area (Å²) in [6.07, 6.45) is 0. The van der Waals surface area contributed by atoms with Crippen LogP contribution in [0.4, 0.5) is 10.5 Å². The zero-order chi connectivity index (χ0) is 12.8. The monoisotopic (exact) mass is 320 g/mol. The molecule has 0 heterocycles. The third-order valence-corrected chi connectivity index (χ3v) is 3.10. The van der Waals surface area contributed by atoms with Crippen LogP contribution >= 0.6 is 27.5 Å². The molecule has 0 atom stereocenters. The molecule has 0 aliphatic heterocycles. The number of nitrogens with zero attached hydrogens (tertiary/aromatic N) is 1. The average Bonchev–Trinajstić information content (AvgIpc) is 2.29. The van der Waals surface area contributed by atoms with Crippen LogP contribution in [0.1, 0.15) is 6.92 Å². The first kappa shape index (κ1) is 14.3. The maximum absolute atomic E-state index is 11.8. The van der Waals surface area contributed by atoms with Crippen LogP contribution in [0.15, 0.2) is 22.7 Å². The standard InChI is InChI=1S/C11H14BrClN2O2/c1-2-15(5-6-16)11(17)14-10-4-3-8(13)7-9(10)12/h3-4,7,16H,2,5-6H2,1H3,(H,14,17). The molecule has 0 saturated carbocycles. The molecular formula is C11H14BrClN2O2. The number of hydrogen-bond donors (Lipinski definition) is 2. The van der Waals surface area contributed by atoms with Crippen molar-refractivity contribution in [2.24, 2.45) is 0 Å². The number of anilines is 1. The van der Waals surface area contributed by atoms with Crippen molar-refractivity contribution in [2.45, 2.75) is 6.92 Å². The highest BCUT2D eigenvalue weighted by Gasteiger charge is 2.12. The van der Waals surface area contributed by atoms with Crippen molar-refractivity contribution in [1.29, 1.82) is 0 Å². The summed E-state index contributed by atoms with van der Waals surface area (Å²) in [4.78, 5) is 13.3. The Morgan fingerprint density at radius 1 is 1.59 bits per heavy atom. The van der Waals surface area contributed by atoms with Crippen LogP contribution < -0.4 is 5.32 Å². The number of nitrogens with one attached hydrogen (secondary N) is 1. The molecule has 0 fully saturated rings. The number of halogens is 2. The lowest BCUT2D eigenvalue weighted by Gasteiger charge is -2.20. The van der Waals surface area contributed by atoms with Crippen LogP contribution in [0, 0.1) is 0 Å². The van der Waals surface area contributed by atoms with Gasteiger partial charge in [0.1, 0.15) is 0 Å². The molecule has 1 rings (SSSR count). The van der Waals surface area contributed by atoms with Gasteiger partial charge in [-0.3, -0.25) is 0 Å². The van der Waals surface area contributed by atoms with Crippen LogP contribution in [0.2, 0.25) is 5.02 Å². The number of likely N-dealkylation sites (N-methyl/N-ethyl adjacent to an activating group) is 1. The second-order valence-electron chi connectivity index (χ2n) is 3.36. The van der Waals surface area contributed by atoms with Gasteiger partial charge in [0.2, 0.25) is 0 Å². The molecule has 0 spiro atoms. The van der Waals surface area contributed by atoms with Gasteiger partial charge < -0.3 is 15.3 Å². The van der Waals surface area contributed by atoms with Crippen LogP contribution in [0.5, 0.6) is 0 Å². The van der Waals surface area contributed by atoms with E-state index in [2.05, 4.69) is 21.2 Å². The van der Waals surface area contributed by atoms with E-state index in [0.29, 0.717) is 23.8 Å². The van der Waals surface area contributed by atoms with E-state index in [1.54, 1.807) is 18.2 Å². The maximum Gasteiger partial charge on any atom is 0.321 e. The Morgan fingerprint density at radius 3 is 2.82 bits per heavy atom. The summed E-state index contributed by atoms with van der Waals surface area (Å²) in [5.74, 6) is 0. The number of rotatable bonds is 4. The maximum atomic E-state index is 11.8. The Kier molecular flexibility index (Phi) is 5.74. The molecular weight excluding hydrogens is 307 g/mol. The van der Waals surface area contributed by atoms with E-state index in [4.69, 9.17) is 16.7 Å². The second-order valence-corrected chi connectivity index (χ2v) is 4.65. The lowest BCUT2D eigenvalue weighted by atomic mass is 10.3. The molecule has 2 N–H and O–H groups in total. The van der Waals surface area contributed by atoms with Gasteiger partial charge >= 0.3 is 6.03 Å². The van der Waals surface area contributed by atoms with E-state index in [1.807, 2.05) is 6.92 Å². The highest BCUT2D eigenvalue weighted by atomic mass is 79.9. The van der Waals surface area contributed by atoms with E-state index in [0.717, 1.165) is 4.47 Å². The molecule has 6 heteroatoms. The average molecular weight is 322 g/mol. The van der Waals surface area contributed by atoms with Crippen molar-refractivity contribution < 1.29 is 9.90 Å². The molecule has 94 valence electrons. The molecule has 1 aromatic carbocycles. The quantitative estimate of drug-likeness (QED) is 0.896. The number of aliphatic hydroxyl groups excluding tert-OH is 1. The van der Waals surface area contributed by atoms with Gasteiger partial charge in [0.15, 0.2) is 0 Å². The predicted octanol–water partition coefficient (Wildman–Crippen LogP) is 2.95. The number of urea groups is 1. The summed E-state index contributed by atoms with van der Waals surface area (Å²) >= 11 is 9.13. The number of aliphatic hydroxyl groups is 1. The third kappa shape index (κ3) is 4.18. The summed E-state index contributed by atoms with van der Waals surface area (Å²) in [5, 5.41) is 12.2. The minimum atomic E-state index is -0.246. The zero-order valence-corrected chi connectivity index (χ0v) is 11.8. The second kappa shape index (κ2) is 6.83. The Labute approximate surface area is 114 Å². The molecule has 2 amide bonds. The van der Waals surface area contributed by atoms with Crippen molar-refractivity contribution in [1.82, 2.24) is 4.90 Å². The van der Waals surface area contributed by atoms with Crippen LogP contribution in [0.25, 0.3) is 0 Å². The predicted molar refractivity (Wildman–Crippen MR) is 72.5 cm³/mol. The van der Waals surface area contributed by atoms with Gasteiger partial charge in [-0.05, 0) is 41.1 Å². The first-order chi connectivity index (χ1) is 8.08. The van der Waals surface area contributed by atoms with Crippen LogP contribution in [-0.4, -0.2) is 35.7 Å². The summed E-state index contributed by atoms with van der Waals surface area (Å²) in [5.41, 5.74) is 0.649. The van der Waals surface area contributed by atoms with Gasteiger partial charge in [0.25, 0.3) is 0 Å². The summed E-state index contributed by atoms with van der Waals surface area (Å²) < 4.78 is 0.721. The SMILES string of the molecule is CCN(CCO)C(=O)Nc1ccc(Cl)cc1Br. The molecule has 0 aliphatic rings. The molecule has 0 radical (unpaired) electrons. The lowest BCUT2D eigenvalue weighted by molar-refractivity contribution is 0.192. The normalized spacial score (nSPS) is 10.1. The summed E-state index contributed by atoms with van der Waals surface area (Å²) in [7, 11) is 0. The number of carbonyl (C=O) groups excluding carboxylic acids is 1. The highest BCUT2D eigenvalue weighted by Crippen LogP contribution is 2.26. The lowest BCUT2D eigenvalue weighted by Crippen LogP contribution is -2.36. The first-order valence-corrected chi connectivity index (χ1v) is 6.37. The van der Waals surface area contributed by atoms with E-state index in [9.17, 15) is 4.79 Å². The van der Waals surface area contributed by atoms with Crippen LogP contribution in [0.3, 0.4) is 0 Å². The fraction of sp³-hybridized carbons (Fsp3) is 0.364. The Morgan fingerprint density at radius 2 is 2.29 bits per heavy atom. The van der Waals surface area contributed by atoms with Gasteiger partial charge in [-0.1, -0.05) is 11.6 Å². The number of amides is 2. The highest BCUT2D eigenvalue weighted by molar-refractivity contribution is 9.10. The van der Waals surface area contributed by atoms with Crippen molar-refractivity contribution in [3.05, 3.63) is 27.7 Å². The van der Waals surface area contributed by atoms with Crippen molar-refractivity contribution in [2.75, 3.05) is 25.0 Å². The van der Waals surface area contributed by atoms with E-state index in [-0.39, 0.29) is 12.6 Å². The minimum absolute atomic E-state index is 0.0525. The van der Waals surface area contributed by atoms with Gasteiger partial charge in [0.05, 0.1) is 12.3 Å². The Bertz CT molecular complexity index is 401. The third-order valence-electron chi connectivity index (χ3n) is 2.21. The smallest absolute Gasteiger partial charge is 0.321 e. The molecule has 4 nitrogen and oxygen atoms in total. The van der Waals surface area contributed by atoms with E-state index < -0.39 is 0 Å². The number of benzene rings is 1. The zero-order valence-electron chi connectivity index (χ0n) is 9.41. The van der Waals surface area contributed by atoms with Gasteiger partial charge in [0, 0.05) is 22.6 Å². The largest absolute Gasteiger partial charge is 0.395 e. The van der Waals surface area contributed by atoms with Gasteiger partial charge in [-0.2, -0.15) is 0 Å². The Balaban J connectivity index is 2.73. The van der Waals surface area contributed by atoms with Gasteiger partial charge in [-0.15, -0.1) is 0 Å². The first-order valence-electron chi connectivity index (χ1n) is 5.20.